The molecule has 0 aliphatic heterocycles. The zero-order valence-electron chi connectivity index (χ0n) is 12.4. The van der Waals surface area contributed by atoms with Crippen molar-refractivity contribution in [2.75, 3.05) is 13.6 Å². The van der Waals surface area contributed by atoms with Crippen molar-refractivity contribution < 1.29 is 13.5 Å². The molecule has 0 spiro atoms. The molecule has 19 heavy (non-hydrogen) atoms. The van der Waals surface area contributed by atoms with E-state index in [1.54, 1.807) is 46.3 Å². The first kappa shape index (κ1) is 16.1. The number of aliphatic hydroxyl groups is 1. The molecule has 1 aromatic rings. The van der Waals surface area contributed by atoms with Gasteiger partial charge in [-0.2, -0.15) is 5.10 Å². The highest BCUT2D eigenvalue weighted by Crippen LogP contribution is 2.23. The van der Waals surface area contributed by atoms with Gasteiger partial charge < -0.3 is 5.11 Å². The van der Waals surface area contributed by atoms with Crippen LogP contribution in [0.4, 0.5) is 0 Å². The van der Waals surface area contributed by atoms with Gasteiger partial charge in [-0.1, -0.05) is 6.92 Å². The molecule has 1 rings (SSSR count). The first-order valence-electron chi connectivity index (χ1n) is 6.23. The van der Waals surface area contributed by atoms with E-state index in [1.165, 1.54) is 4.31 Å². The van der Waals surface area contributed by atoms with Crippen LogP contribution >= 0.6 is 0 Å². The molecular formula is C12H23N3O3S. The van der Waals surface area contributed by atoms with Crippen molar-refractivity contribution in [2.45, 2.75) is 51.7 Å². The van der Waals surface area contributed by atoms with E-state index in [1.807, 2.05) is 0 Å². The molecule has 0 radical (unpaired) electrons. The van der Waals surface area contributed by atoms with E-state index in [9.17, 15) is 13.5 Å². The summed E-state index contributed by atoms with van der Waals surface area (Å²) in [4.78, 5) is 0.237. The number of hydrogen-bond acceptors (Lipinski definition) is 4. The molecule has 7 heteroatoms. The summed E-state index contributed by atoms with van der Waals surface area (Å²) < 4.78 is 27.6. The molecule has 0 atom stereocenters. The van der Waals surface area contributed by atoms with Crippen LogP contribution < -0.4 is 0 Å². The maximum atomic E-state index is 12.4. The maximum absolute atomic E-state index is 12.4. The molecule has 0 aromatic carbocycles. The monoisotopic (exact) mass is 289 g/mol. The van der Waals surface area contributed by atoms with Crippen molar-refractivity contribution in [3.63, 3.8) is 0 Å². The Bertz CT molecular complexity index is 556. The van der Waals surface area contributed by atoms with E-state index in [-0.39, 0.29) is 11.4 Å². The second kappa shape index (κ2) is 5.22. The normalized spacial score (nSPS) is 13.3. The van der Waals surface area contributed by atoms with Crippen LogP contribution in [-0.4, -0.2) is 46.8 Å². The highest BCUT2D eigenvalue weighted by atomic mass is 32.2. The van der Waals surface area contributed by atoms with Gasteiger partial charge in [-0.3, -0.25) is 4.68 Å². The van der Waals surface area contributed by atoms with Crippen molar-refractivity contribution >= 4 is 10.0 Å². The topological polar surface area (TPSA) is 75.4 Å². The first-order valence-corrected chi connectivity index (χ1v) is 7.67. The van der Waals surface area contributed by atoms with Gasteiger partial charge in [0.1, 0.15) is 4.90 Å². The Kier molecular flexibility index (Phi) is 4.44. The molecule has 0 bridgehead atoms. The van der Waals surface area contributed by atoms with Crippen LogP contribution in [0.5, 0.6) is 0 Å². The lowest BCUT2D eigenvalue weighted by Crippen LogP contribution is -2.29. The van der Waals surface area contributed by atoms with Gasteiger partial charge in [-0.25, -0.2) is 12.7 Å². The van der Waals surface area contributed by atoms with Gasteiger partial charge in [0.25, 0.3) is 0 Å². The van der Waals surface area contributed by atoms with Crippen molar-refractivity contribution in [1.82, 2.24) is 14.1 Å². The minimum absolute atomic E-state index is 0.237. The van der Waals surface area contributed by atoms with Gasteiger partial charge in [-0.05, 0) is 27.7 Å². The van der Waals surface area contributed by atoms with Crippen LogP contribution in [0, 0.1) is 13.8 Å². The number of rotatable bonds is 5. The molecular weight excluding hydrogens is 266 g/mol. The molecule has 6 nitrogen and oxygen atoms in total. The largest absolute Gasteiger partial charge is 0.389 e. The van der Waals surface area contributed by atoms with E-state index >= 15 is 0 Å². The molecule has 1 N–H and O–H groups in total. The van der Waals surface area contributed by atoms with Crippen molar-refractivity contribution in [2.24, 2.45) is 0 Å². The van der Waals surface area contributed by atoms with Gasteiger partial charge in [0.2, 0.25) is 10.0 Å². The summed E-state index contributed by atoms with van der Waals surface area (Å²) in [5.74, 6) is 0. The molecule has 0 saturated carbocycles. The third-order valence-electron chi connectivity index (χ3n) is 2.97. The van der Waals surface area contributed by atoms with Crippen LogP contribution in [-0.2, 0) is 16.6 Å². The standard InChI is InChI=1S/C12H23N3O3S/c1-7-14(6)19(17,18)11-9(2)13-15(10(11)3)8-12(4,5)16/h16H,7-8H2,1-6H3. The van der Waals surface area contributed by atoms with E-state index in [4.69, 9.17) is 0 Å². The van der Waals surface area contributed by atoms with Crippen LogP contribution in [0.25, 0.3) is 0 Å². The van der Waals surface area contributed by atoms with Crippen molar-refractivity contribution in [3.8, 4) is 0 Å². The Labute approximate surface area is 115 Å². The second-order valence-corrected chi connectivity index (χ2v) is 7.37. The Hall–Kier alpha value is -0.920. The highest BCUT2D eigenvalue weighted by molar-refractivity contribution is 7.89. The minimum Gasteiger partial charge on any atom is -0.389 e. The average Bonchev–Trinajstić information content (AvgIpc) is 2.50. The Morgan fingerprint density at radius 3 is 2.32 bits per heavy atom. The molecule has 0 saturated heterocycles. The second-order valence-electron chi connectivity index (χ2n) is 5.39. The molecule has 0 aliphatic carbocycles. The lowest BCUT2D eigenvalue weighted by atomic mass is 10.1. The summed E-state index contributed by atoms with van der Waals surface area (Å²) in [5.41, 5.74) is 0.0722. The van der Waals surface area contributed by atoms with Gasteiger partial charge in [-0.15, -0.1) is 0 Å². The SMILES string of the molecule is CCN(C)S(=O)(=O)c1c(C)nn(CC(C)(C)O)c1C. The zero-order valence-corrected chi connectivity index (χ0v) is 13.2. The van der Waals surface area contributed by atoms with E-state index in [0.717, 1.165) is 0 Å². The molecule has 0 amide bonds. The first-order chi connectivity index (χ1) is 8.50. The maximum Gasteiger partial charge on any atom is 0.246 e. The number of aryl methyl sites for hydroxylation is 1. The quantitative estimate of drug-likeness (QED) is 0.874. The van der Waals surface area contributed by atoms with Crippen LogP contribution in [0.2, 0.25) is 0 Å². The third kappa shape index (κ3) is 3.34. The Morgan fingerprint density at radius 2 is 1.89 bits per heavy atom. The van der Waals surface area contributed by atoms with Crippen LogP contribution in [0.3, 0.4) is 0 Å². The molecule has 1 heterocycles. The molecule has 0 unspecified atom stereocenters. The summed E-state index contributed by atoms with van der Waals surface area (Å²) in [6.07, 6.45) is 0. The number of nitrogens with zero attached hydrogens (tertiary/aromatic N) is 3. The lowest BCUT2D eigenvalue weighted by molar-refractivity contribution is 0.0569. The molecule has 0 fully saturated rings. The minimum atomic E-state index is -3.52. The summed E-state index contributed by atoms with van der Waals surface area (Å²) >= 11 is 0. The third-order valence-corrected chi connectivity index (χ3v) is 5.15. The fourth-order valence-electron chi connectivity index (χ4n) is 1.90. The highest BCUT2D eigenvalue weighted by Gasteiger charge is 2.29. The van der Waals surface area contributed by atoms with Crippen LogP contribution in [0.15, 0.2) is 4.90 Å². The van der Waals surface area contributed by atoms with E-state index in [0.29, 0.717) is 17.9 Å². The van der Waals surface area contributed by atoms with E-state index in [2.05, 4.69) is 5.10 Å². The van der Waals surface area contributed by atoms with Crippen LogP contribution in [0.1, 0.15) is 32.2 Å². The lowest BCUT2D eigenvalue weighted by Gasteiger charge is -2.18. The molecule has 110 valence electrons. The average molecular weight is 289 g/mol. The number of aromatic nitrogens is 2. The van der Waals surface area contributed by atoms with Gasteiger partial charge >= 0.3 is 0 Å². The fourth-order valence-corrected chi connectivity index (χ4v) is 3.44. The summed E-state index contributed by atoms with van der Waals surface area (Å²) in [6, 6.07) is 0. The fraction of sp³-hybridized carbons (Fsp3) is 0.750. The predicted octanol–water partition coefficient (Wildman–Crippen LogP) is 0.911. The van der Waals surface area contributed by atoms with Gasteiger partial charge in [0, 0.05) is 13.6 Å². The Morgan fingerprint density at radius 1 is 1.37 bits per heavy atom. The molecule has 1 aromatic heterocycles. The summed E-state index contributed by atoms with van der Waals surface area (Å²) in [7, 11) is -1.97. The predicted molar refractivity (Wildman–Crippen MR) is 73.5 cm³/mol. The van der Waals surface area contributed by atoms with E-state index < -0.39 is 15.6 Å². The summed E-state index contributed by atoms with van der Waals surface area (Å²) in [5, 5.41) is 14.1. The number of sulfonamides is 1. The van der Waals surface area contributed by atoms with Crippen molar-refractivity contribution in [1.29, 1.82) is 0 Å². The zero-order chi connectivity index (χ0) is 15.0. The van der Waals surface area contributed by atoms with Crippen molar-refractivity contribution in [3.05, 3.63) is 11.4 Å². The van der Waals surface area contributed by atoms with Gasteiger partial charge in [0.05, 0.1) is 23.5 Å². The summed E-state index contributed by atoms with van der Waals surface area (Å²) in [6.45, 7) is 9.14. The smallest absolute Gasteiger partial charge is 0.246 e. The molecule has 0 aliphatic rings. The Balaban J connectivity index is 3.33. The number of hydrogen-bond donors (Lipinski definition) is 1. The van der Waals surface area contributed by atoms with Gasteiger partial charge in [0.15, 0.2) is 0 Å².